The molecule has 0 radical (unpaired) electrons. The van der Waals surface area contributed by atoms with Gasteiger partial charge >= 0.3 is 0 Å². The van der Waals surface area contributed by atoms with E-state index >= 15 is 0 Å². The van der Waals surface area contributed by atoms with Gasteiger partial charge in [0.2, 0.25) is 0 Å². The Morgan fingerprint density at radius 2 is 1.94 bits per heavy atom. The normalized spacial score (nSPS) is 12.7. The van der Waals surface area contributed by atoms with Crippen LogP contribution in [-0.2, 0) is 6.42 Å². The van der Waals surface area contributed by atoms with Crippen molar-refractivity contribution in [2.24, 2.45) is 0 Å². The van der Waals surface area contributed by atoms with Crippen LogP contribution in [0.4, 0.5) is 0 Å². The van der Waals surface area contributed by atoms with Crippen LogP contribution in [0.3, 0.4) is 0 Å². The maximum Gasteiger partial charge on any atom is 0.104 e. The molecule has 0 saturated heterocycles. The van der Waals surface area contributed by atoms with Crippen molar-refractivity contribution < 1.29 is 5.11 Å². The van der Waals surface area contributed by atoms with E-state index in [9.17, 15) is 5.11 Å². The van der Waals surface area contributed by atoms with Crippen molar-refractivity contribution in [2.45, 2.75) is 12.5 Å². The minimum absolute atomic E-state index is 0.562. The second-order valence-electron chi connectivity index (χ2n) is 4.19. The lowest BCUT2D eigenvalue weighted by Crippen LogP contribution is -2.02. The van der Waals surface area contributed by atoms with Crippen molar-refractivity contribution in [1.29, 1.82) is 0 Å². The molecule has 0 spiro atoms. The molecule has 1 heterocycles. The quantitative estimate of drug-likeness (QED) is 0.783. The molecule has 1 N–H and O–H groups in total. The molecular weight excluding hydrogens is 244 g/mol. The smallest absolute Gasteiger partial charge is 0.104 e. The first-order valence-corrected chi connectivity index (χ1v) is 6.60. The van der Waals surface area contributed by atoms with Crippen molar-refractivity contribution in [3.63, 3.8) is 0 Å². The summed E-state index contributed by atoms with van der Waals surface area (Å²) in [5, 5.41) is 18.2. The summed E-state index contributed by atoms with van der Waals surface area (Å²) < 4.78 is 3.78. The zero-order valence-electron chi connectivity index (χ0n) is 9.65. The minimum Gasteiger partial charge on any atom is -0.386 e. The van der Waals surface area contributed by atoms with Crippen molar-refractivity contribution in [1.82, 2.24) is 9.59 Å². The van der Waals surface area contributed by atoms with Crippen LogP contribution < -0.4 is 0 Å². The number of aliphatic hydroxyl groups excluding tert-OH is 1. The highest BCUT2D eigenvalue weighted by Gasteiger charge is 2.12. The third kappa shape index (κ3) is 2.12. The zero-order valence-corrected chi connectivity index (χ0v) is 10.5. The molecule has 0 fully saturated rings. The highest BCUT2D eigenvalue weighted by Crippen LogP contribution is 2.23. The lowest BCUT2D eigenvalue weighted by atomic mass is 9.99. The fourth-order valence-electron chi connectivity index (χ4n) is 2.10. The van der Waals surface area contributed by atoms with Crippen molar-refractivity contribution in [3.05, 3.63) is 59.1 Å². The van der Waals surface area contributed by atoms with Crippen LogP contribution in [-0.4, -0.2) is 14.7 Å². The van der Waals surface area contributed by atoms with Gasteiger partial charge in [-0.15, -0.1) is 5.10 Å². The monoisotopic (exact) mass is 256 g/mol. The van der Waals surface area contributed by atoms with Gasteiger partial charge in [-0.05, 0) is 27.9 Å². The maximum absolute atomic E-state index is 10.1. The first kappa shape index (κ1) is 11.3. The van der Waals surface area contributed by atoms with Gasteiger partial charge in [-0.1, -0.05) is 47.0 Å². The van der Waals surface area contributed by atoms with Crippen LogP contribution in [0.2, 0.25) is 0 Å². The van der Waals surface area contributed by atoms with Gasteiger partial charge in [0.25, 0.3) is 0 Å². The van der Waals surface area contributed by atoms with E-state index in [4.69, 9.17) is 0 Å². The molecule has 1 atom stereocenters. The molecule has 1 unspecified atom stereocenters. The summed E-state index contributed by atoms with van der Waals surface area (Å²) in [5.74, 6) is 0. The molecule has 3 rings (SSSR count). The van der Waals surface area contributed by atoms with Crippen molar-refractivity contribution >= 4 is 22.3 Å². The molecule has 0 aliphatic heterocycles. The number of aromatic nitrogens is 2. The van der Waals surface area contributed by atoms with Gasteiger partial charge in [-0.25, -0.2) is 0 Å². The van der Waals surface area contributed by atoms with Crippen LogP contribution >= 0.6 is 11.5 Å². The molecule has 0 saturated carbocycles. The van der Waals surface area contributed by atoms with Crippen LogP contribution in [0.15, 0.2) is 47.8 Å². The summed E-state index contributed by atoms with van der Waals surface area (Å²) in [6.45, 7) is 0. The molecule has 1 aromatic heterocycles. The number of rotatable bonds is 3. The number of aliphatic hydroxyl groups is 1. The zero-order chi connectivity index (χ0) is 12.4. The van der Waals surface area contributed by atoms with Gasteiger partial charge in [0.15, 0.2) is 0 Å². The molecule has 0 bridgehead atoms. The molecular formula is C14H12N2OS. The number of benzene rings is 2. The first-order chi connectivity index (χ1) is 8.84. The van der Waals surface area contributed by atoms with E-state index in [1.54, 1.807) is 5.38 Å². The Morgan fingerprint density at radius 3 is 2.78 bits per heavy atom. The van der Waals surface area contributed by atoms with Gasteiger partial charge in [-0.2, -0.15) is 0 Å². The molecule has 0 aliphatic carbocycles. The molecule has 0 amide bonds. The predicted octanol–water partition coefficient (Wildman–Crippen LogP) is 2.97. The first-order valence-electron chi connectivity index (χ1n) is 5.76. The largest absolute Gasteiger partial charge is 0.386 e. The average Bonchev–Trinajstić information content (AvgIpc) is 2.93. The van der Waals surface area contributed by atoms with Crippen LogP contribution in [0.1, 0.15) is 17.4 Å². The number of hydrogen-bond acceptors (Lipinski definition) is 4. The Balaban J connectivity index is 1.95. The van der Waals surface area contributed by atoms with E-state index in [2.05, 4.69) is 27.8 Å². The van der Waals surface area contributed by atoms with E-state index in [0.717, 1.165) is 5.56 Å². The summed E-state index contributed by atoms with van der Waals surface area (Å²) in [4.78, 5) is 0. The van der Waals surface area contributed by atoms with E-state index in [-0.39, 0.29) is 0 Å². The van der Waals surface area contributed by atoms with E-state index < -0.39 is 6.10 Å². The van der Waals surface area contributed by atoms with Gasteiger partial charge in [0.05, 0.1) is 0 Å². The van der Waals surface area contributed by atoms with Crippen LogP contribution in [0.25, 0.3) is 10.8 Å². The fourth-order valence-corrected chi connectivity index (χ4v) is 2.60. The highest BCUT2D eigenvalue weighted by molar-refractivity contribution is 7.03. The summed E-state index contributed by atoms with van der Waals surface area (Å²) >= 11 is 1.26. The Hall–Kier alpha value is -1.78. The highest BCUT2D eigenvalue weighted by atomic mass is 32.1. The Bertz CT molecular complexity index is 646. The molecule has 3 aromatic rings. The number of hydrogen-bond donors (Lipinski definition) is 1. The second kappa shape index (κ2) is 4.84. The third-order valence-electron chi connectivity index (χ3n) is 3.01. The maximum atomic E-state index is 10.1. The van der Waals surface area contributed by atoms with E-state index in [1.165, 1.54) is 22.3 Å². The second-order valence-corrected chi connectivity index (χ2v) is 4.80. The molecule has 18 heavy (non-hydrogen) atoms. The van der Waals surface area contributed by atoms with Crippen LogP contribution in [0.5, 0.6) is 0 Å². The van der Waals surface area contributed by atoms with E-state index in [1.807, 2.05) is 24.3 Å². The van der Waals surface area contributed by atoms with Gasteiger partial charge in [0.1, 0.15) is 11.8 Å². The number of fused-ring (bicyclic) bond motifs is 1. The summed E-state index contributed by atoms with van der Waals surface area (Å²) in [6.07, 6.45) is -0.0261. The standard InChI is InChI=1S/C14H12N2OS/c17-14(13-9-18-16-15-13)8-11-6-3-5-10-4-1-2-7-12(10)11/h1-7,9,14,17H,8H2. The van der Waals surface area contributed by atoms with Crippen molar-refractivity contribution in [2.75, 3.05) is 0 Å². The van der Waals surface area contributed by atoms with Crippen LogP contribution in [0, 0.1) is 0 Å². The summed E-state index contributed by atoms with van der Waals surface area (Å²) in [6, 6.07) is 14.3. The van der Waals surface area contributed by atoms with Gasteiger partial charge < -0.3 is 5.11 Å². The summed E-state index contributed by atoms with van der Waals surface area (Å²) in [5.41, 5.74) is 1.78. The number of nitrogens with zero attached hydrogens (tertiary/aromatic N) is 2. The Kier molecular flexibility index (Phi) is 3.04. The lowest BCUT2D eigenvalue weighted by molar-refractivity contribution is 0.174. The predicted molar refractivity (Wildman–Crippen MR) is 72.5 cm³/mol. The molecule has 90 valence electrons. The lowest BCUT2D eigenvalue weighted by Gasteiger charge is -2.10. The van der Waals surface area contributed by atoms with E-state index in [0.29, 0.717) is 12.1 Å². The van der Waals surface area contributed by atoms with Gasteiger partial charge in [0, 0.05) is 11.8 Å². The molecule has 4 heteroatoms. The van der Waals surface area contributed by atoms with Crippen molar-refractivity contribution in [3.8, 4) is 0 Å². The minimum atomic E-state index is -0.588. The SMILES string of the molecule is OC(Cc1cccc2ccccc12)c1csnn1. The fraction of sp³-hybridized carbons (Fsp3) is 0.143. The molecule has 0 aliphatic rings. The molecule has 2 aromatic carbocycles. The Labute approximate surface area is 109 Å². The Morgan fingerprint density at radius 1 is 1.11 bits per heavy atom. The molecule has 3 nitrogen and oxygen atoms in total. The van der Waals surface area contributed by atoms with Gasteiger partial charge in [-0.3, -0.25) is 0 Å². The topological polar surface area (TPSA) is 46.0 Å². The average molecular weight is 256 g/mol. The third-order valence-corrected chi connectivity index (χ3v) is 3.53. The summed E-state index contributed by atoms with van der Waals surface area (Å²) in [7, 11) is 0.